The average Bonchev–Trinajstić information content (AvgIpc) is 2.32. The van der Waals surface area contributed by atoms with Gasteiger partial charge in [-0.25, -0.2) is 0 Å². The van der Waals surface area contributed by atoms with Crippen molar-refractivity contribution in [3.8, 4) is 0 Å². The maximum Gasteiger partial charge on any atom is 0.206 e. The quantitative estimate of drug-likeness (QED) is 0.548. The van der Waals surface area contributed by atoms with Gasteiger partial charge in [0.1, 0.15) is 0 Å². The Kier molecular flexibility index (Phi) is 9.19. The molecular formula is C14H34N2Si. The topological polar surface area (TPSA) is 6.48 Å². The Balaban J connectivity index is 4.92. The van der Waals surface area contributed by atoms with E-state index >= 15 is 0 Å². The third-order valence-corrected chi connectivity index (χ3v) is 9.83. The summed E-state index contributed by atoms with van der Waals surface area (Å²) in [7, 11) is 3.25. The van der Waals surface area contributed by atoms with Gasteiger partial charge in [-0.05, 0) is 39.3 Å². The first-order chi connectivity index (χ1) is 8.08. The van der Waals surface area contributed by atoms with Crippen LogP contribution in [0.4, 0.5) is 0 Å². The summed E-state index contributed by atoms with van der Waals surface area (Å²) in [6, 6.07) is 2.89. The summed E-state index contributed by atoms with van der Waals surface area (Å²) in [5.74, 6) is 0. The number of rotatable bonds is 10. The molecule has 0 N–H and O–H groups in total. The van der Waals surface area contributed by atoms with E-state index in [1.54, 1.807) is 0 Å². The molecule has 0 unspecified atom stereocenters. The van der Waals surface area contributed by atoms with E-state index < -0.39 is 8.40 Å². The zero-order chi connectivity index (χ0) is 13.3. The van der Waals surface area contributed by atoms with Crippen molar-refractivity contribution in [3.05, 3.63) is 0 Å². The van der Waals surface area contributed by atoms with E-state index in [2.05, 4.69) is 50.9 Å². The standard InChI is InChI=1S/C14H34N2Si/c1-7-11-13-17(15(5)6,14-12-8-2)16(9-3)10-4/h7-14H2,1-6H3. The Morgan fingerprint density at radius 1 is 0.765 bits per heavy atom. The maximum absolute atomic E-state index is 2.79. The lowest BCUT2D eigenvalue weighted by molar-refractivity contribution is 0.387. The molecule has 0 spiro atoms. The van der Waals surface area contributed by atoms with Gasteiger partial charge in [0.05, 0.1) is 0 Å². The molecule has 0 aromatic carbocycles. The Morgan fingerprint density at radius 2 is 1.18 bits per heavy atom. The first-order valence-electron chi connectivity index (χ1n) is 7.51. The lowest BCUT2D eigenvalue weighted by Gasteiger charge is -2.46. The van der Waals surface area contributed by atoms with Gasteiger partial charge < -0.3 is 9.13 Å². The van der Waals surface area contributed by atoms with Gasteiger partial charge >= 0.3 is 0 Å². The second kappa shape index (κ2) is 9.12. The van der Waals surface area contributed by atoms with Crippen molar-refractivity contribution < 1.29 is 0 Å². The molecule has 0 saturated heterocycles. The Hall–Kier alpha value is 0.137. The van der Waals surface area contributed by atoms with Crippen LogP contribution in [0.15, 0.2) is 0 Å². The van der Waals surface area contributed by atoms with E-state index in [0.29, 0.717) is 0 Å². The highest BCUT2D eigenvalue weighted by molar-refractivity contribution is 6.74. The molecule has 0 rings (SSSR count). The van der Waals surface area contributed by atoms with E-state index in [4.69, 9.17) is 0 Å². The predicted octanol–water partition coefficient (Wildman–Crippen LogP) is 3.93. The Morgan fingerprint density at radius 3 is 1.41 bits per heavy atom. The van der Waals surface area contributed by atoms with E-state index in [0.717, 1.165) is 0 Å². The van der Waals surface area contributed by atoms with Crippen LogP contribution >= 0.6 is 0 Å². The number of hydrogen-bond donors (Lipinski definition) is 0. The smallest absolute Gasteiger partial charge is 0.206 e. The lowest BCUT2D eigenvalue weighted by atomic mass is 10.4. The summed E-state index contributed by atoms with van der Waals surface area (Å²) in [4.78, 5) is 0. The first-order valence-corrected chi connectivity index (χ1v) is 9.82. The highest BCUT2D eigenvalue weighted by atomic mass is 28.3. The SMILES string of the molecule is CCCC[Si](CCCC)(N(C)C)N(CC)CC. The van der Waals surface area contributed by atoms with Crippen molar-refractivity contribution in [1.82, 2.24) is 9.13 Å². The van der Waals surface area contributed by atoms with Crippen LogP contribution in [0.25, 0.3) is 0 Å². The molecule has 3 heteroatoms. The van der Waals surface area contributed by atoms with Gasteiger partial charge in [-0.15, -0.1) is 0 Å². The van der Waals surface area contributed by atoms with Crippen molar-refractivity contribution in [2.75, 3.05) is 27.2 Å². The second-order valence-corrected chi connectivity index (χ2v) is 9.75. The van der Waals surface area contributed by atoms with Crippen LogP contribution in [-0.4, -0.2) is 44.7 Å². The van der Waals surface area contributed by atoms with E-state index in [1.807, 2.05) is 0 Å². The van der Waals surface area contributed by atoms with Gasteiger partial charge in [0.25, 0.3) is 0 Å². The monoisotopic (exact) mass is 258 g/mol. The van der Waals surface area contributed by atoms with Crippen molar-refractivity contribution in [2.45, 2.75) is 65.5 Å². The van der Waals surface area contributed by atoms with Crippen LogP contribution < -0.4 is 0 Å². The summed E-state index contributed by atoms with van der Waals surface area (Å²) in [6.45, 7) is 11.7. The van der Waals surface area contributed by atoms with Crippen LogP contribution in [-0.2, 0) is 0 Å². The zero-order valence-corrected chi connectivity index (χ0v) is 14.1. The van der Waals surface area contributed by atoms with Gasteiger partial charge in [-0.2, -0.15) is 0 Å². The molecule has 104 valence electrons. The van der Waals surface area contributed by atoms with Crippen molar-refractivity contribution in [2.24, 2.45) is 0 Å². The van der Waals surface area contributed by atoms with E-state index in [-0.39, 0.29) is 0 Å². The Bertz CT molecular complexity index is 171. The number of hydrogen-bond acceptors (Lipinski definition) is 2. The van der Waals surface area contributed by atoms with Crippen molar-refractivity contribution in [3.63, 3.8) is 0 Å². The fourth-order valence-corrected chi connectivity index (χ4v) is 8.26. The normalized spacial score (nSPS) is 12.7. The molecule has 0 fully saturated rings. The molecule has 0 aliphatic carbocycles. The van der Waals surface area contributed by atoms with E-state index in [1.165, 1.54) is 50.9 Å². The second-order valence-electron chi connectivity index (χ2n) is 5.26. The molecule has 0 aromatic heterocycles. The molecule has 0 bridgehead atoms. The van der Waals surface area contributed by atoms with Crippen LogP contribution in [0.3, 0.4) is 0 Å². The average molecular weight is 259 g/mol. The maximum atomic E-state index is 2.79. The third-order valence-electron chi connectivity index (χ3n) is 4.05. The van der Waals surface area contributed by atoms with Gasteiger partial charge in [0.2, 0.25) is 8.40 Å². The van der Waals surface area contributed by atoms with Crippen LogP contribution in [0.2, 0.25) is 12.1 Å². The minimum absolute atomic E-state index is 1.22. The summed E-state index contributed by atoms with van der Waals surface area (Å²) in [5.41, 5.74) is 0. The van der Waals surface area contributed by atoms with Gasteiger partial charge in [0.15, 0.2) is 0 Å². The van der Waals surface area contributed by atoms with Crippen molar-refractivity contribution >= 4 is 8.40 Å². The fraction of sp³-hybridized carbons (Fsp3) is 1.00. The van der Waals surface area contributed by atoms with Gasteiger partial charge in [-0.3, -0.25) is 0 Å². The Labute approximate surface area is 111 Å². The summed E-state index contributed by atoms with van der Waals surface area (Å²) in [5, 5.41) is 0. The largest absolute Gasteiger partial charge is 0.317 e. The predicted molar refractivity (Wildman–Crippen MR) is 81.8 cm³/mol. The molecule has 2 nitrogen and oxygen atoms in total. The molecule has 0 atom stereocenters. The molecular weight excluding hydrogens is 224 g/mol. The molecule has 0 amide bonds. The highest BCUT2D eigenvalue weighted by Crippen LogP contribution is 2.27. The molecule has 0 aromatic rings. The number of nitrogens with zero attached hydrogens (tertiary/aromatic N) is 2. The van der Waals surface area contributed by atoms with Crippen molar-refractivity contribution in [1.29, 1.82) is 0 Å². The molecule has 0 heterocycles. The summed E-state index contributed by atoms with van der Waals surface area (Å²) in [6.07, 6.45) is 5.45. The van der Waals surface area contributed by atoms with E-state index in [9.17, 15) is 0 Å². The minimum atomic E-state index is -1.38. The zero-order valence-electron chi connectivity index (χ0n) is 13.1. The van der Waals surface area contributed by atoms with Gasteiger partial charge in [0, 0.05) is 0 Å². The summed E-state index contributed by atoms with van der Waals surface area (Å²) < 4.78 is 5.39. The minimum Gasteiger partial charge on any atom is -0.317 e. The summed E-state index contributed by atoms with van der Waals surface area (Å²) >= 11 is 0. The highest BCUT2D eigenvalue weighted by Gasteiger charge is 2.39. The van der Waals surface area contributed by atoms with Crippen LogP contribution in [0, 0.1) is 0 Å². The number of unbranched alkanes of at least 4 members (excludes halogenated alkanes) is 2. The lowest BCUT2D eigenvalue weighted by Crippen LogP contribution is -2.63. The molecule has 0 saturated carbocycles. The molecule has 0 radical (unpaired) electrons. The molecule has 17 heavy (non-hydrogen) atoms. The van der Waals surface area contributed by atoms with Crippen LogP contribution in [0.1, 0.15) is 53.4 Å². The van der Waals surface area contributed by atoms with Gasteiger partial charge in [-0.1, -0.05) is 53.4 Å². The first kappa shape index (κ1) is 17.1. The fourth-order valence-electron chi connectivity index (χ4n) is 2.90. The molecule has 0 aliphatic heterocycles. The van der Waals surface area contributed by atoms with Crippen LogP contribution in [0.5, 0.6) is 0 Å². The molecule has 0 aliphatic rings. The third kappa shape index (κ3) is 4.72.